The van der Waals surface area contributed by atoms with Crippen LogP contribution in [-0.4, -0.2) is 19.1 Å². The predicted octanol–water partition coefficient (Wildman–Crippen LogP) is 2.55. The molecule has 0 spiro atoms. The van der Waals surface area contributed by atoms with Crippen LogP contribution in [0.4, 0.5) is 0 Å². The summed E-state index contributed by atoms with van der Waals surface area (Å²) in [5.41, 5.74) is 1.16. The van der Waals surface area contributed by atoms with Crippen LogP contribution in [0.5, 0.6) is 0 Å². The molecule has 0 amide bonds. The van der Waals surface area contributed by atoms with Crippen LogP contribution in [0.25, 0.3) is 0 Å². The molecule has 18 heavy (non-hydrogen) atoms. The highest BCUT2D eigenvalue weighted by Crippen LogP contribution is 2.25. The van der Waals surface area contributed by atoms with Crippen LogP contribution in [0.1, 0.15) is 25.0 Å². The second kappa shape index (κ2) is 6.36. The van der Waals surface area contributed by atoms with E-state index in [0.29, 0.717) is 13.2 Å². The summed E-state index contributed by atoms with van der Waals surface area (Å²) in [5, 5.41) is 3.19. The van der Waals surface area contributed by atoms with Crippen molar-refractivity contribution >= 4 is 5.97 Å². The number of esters is 1. The molecule has 3 nitrogen and oxygen atoms in total. The van der Waals surface area contributed by atoms with E-state index in [2.05, 4.69) is 11.9 Å². The molecule has 0 aliphatic rings. The fourth-order valence-electron chi connectivity index (χ4n) is 1.96. The number of carbonyl (C=O) groups excluding carboxylic acids is 1. The van der Waals surface area contributed by atoms with Gasteiger partial charge in [-0.25, -0.2) is 4.79 Å². The molecule has 0 radical (unpaired) electrons. The Labute approximate surface area is 109 Å². The lowest BCUT2D eigenvalue weighted by Gasteiger charge is -2.30. The molecule has 1 atom stereocenters. The van der Waals surface area contributed by atoms with Crippen LogP contribution in [0, 0.1) is 6.92 Å². The highest BCUT2D eigenvalue weighted by molar-refractivity contribution is 5.82. The standard InChI is InChI=1S/C15H21NO2/c1-5-11-16-15(4,14(17)18-6-2)13-10-8-7-9-12(13)3/h5,7-10,16H,1,6,11H2,2-4H3. The molecule has 1 aromatic carbocycles. The maximum Gasteiger partial charge on any atom is 0.330 e. The van der Waals surface area contributed by atoms with Crippen molar-refractivity contribution in [2.75, 3.05) is 13.2 Å². The fourth-order valence-corrected chi connectivity index (χ4v) is 1.96. The van der Waals surface area contributed by atoms with Gasteiger partial charge in [0.15, 0.2) is 0 Å². The van der Waals surface area contributed by atoms with Crippen LogP contribution in [-0.2, 0) is 15.1 Å². The first-order valence-corrected chi connectivity index (χ1v) is 6.15. The zero-order valence-electron chi connectivity index (χ0n) is 11.3. The third-order valence-corrected chi connectivity index (χ3v) is 2.97. The Kier molecular flexibility index (Phi) is 5.10. The summed E-state index contributed by atoms with van der Waals surface area (Å²) in [7, 11) is 0. The average Bonchev–Trinajstić information content (AvgIpc) is 2.36. The van der Waals surface area contributed by atoms with Gasteiger partial charge in [-0.2, -0.15) is 0 Å². The molecule has 0 aliphatic carbocycles. The van der Waals surface area contributed by atoms with Gasteiger partial charge in [-0.05, 0) is 31.9 Å². The number of carbonyl (C=O) groups is 1. The zero-order chi connectivity index (χ0) is 13.6. The van der Waals surface area contributed by atoms with Crippen molar-refractivity contribution in [1.82, 2.24) is 5.32 Å². The van der Waals surface area contributed by atoms with Gasteiger partial charge >= 0.3 is 5.97 Å². The van der Waals surface area contributed by atoms with Gasteiger partial charge in [0, 0.05) is 6.54 Å². The normalized spacial score (nSPS) is 13.7. The van der Waals surface area contributed by atoms with Gasteiger partial charge in [0.25, 0.3) is 0 Å². The number of hydrogen-bond acceptors (Lipinski definition) is 3. The fraction of sp³-hybridized carbons (Fsp3) is 0.400. The lowest BCUT2D eigenvalue weighted by molar-refractivity contribution is -0.150. The predicted molar refractivity (Wildman–Crippen MR) is 73.4 cm³/mol. The summed E-state index contributed by atoms with van der Waals surface area (Å²) in [4.78, 5) is 12.2. The van der Waals surface area contributed by atoms with Crippen molar-refractivity contribution in [3.8, 4) is 0 Å². The highest BCUT2D eigenvalue weighted by atomic mass is 16.5. The zero-order valence-corrected chi connectivity index (χ0v) is 11.3. The number of ether oxygens (including phenoxy) is 1. The molecule has 0 heterocycles. The lowest BCUT2D eigenvalue weighted by Crippen LogP contribution is -2.48. The number of rotatable bonds is 6. The highest BCUT2D eigenvalue weighted by Gasteiger charge is 2.36. The summed E-state index contributed by atoms with van der Waals surface area (Å²) in [6, 6.07) is 7.82. The molecule has 0 fully saturated rings. The van der Waals surface area contributed by atoms with Crippen molar-refractivity contribution < 1.29 is 9.53 Å². The summed E-state index contributed by atoms with van der Waals surface area (Å²) >= 11 is 0. The Hall–Kier alpha value is -1.61. The second-order valence-corrected chi connectivity index (χ2v) is 4.33. The Balaban J connectivity index is 3.15. The van der Waals surface area contributed by atoms with Gasteiger partial charge in [-0.1, -0.05) is 30.3 Å². The molecule has 0 saturated carbocycles. The van der Waals surface area contributed by atoms with Crippen LogP contribution >= 0.6 is 0 Å². The van der Waals surface area contributed by atoms with Crippen LogP contribution in [0.15, 0.2) is 36.9 Å². The van der Waals surface area contributed by atoms with E-state index in [1.54, 1.807) is 6.08 Å². The largest absolute Gasteiger partial charge is 0.464 e. The van der Waals surface area contributed by atoms with Crippen molar-refractivity contribution in [1.29, 1.82) is 0 Å². The van der Waals surface area contributed by atoms with E-state index in [9.17, 15) is 4.79 Å². The molecular weight excluding hydrogens is 226 g/mol. The van der Waals surface area contributed by atoms with Crippen LogP contribution in [0.2, 0.25) is 0 Å². The molecule has 98 valence electrons. The molecule has 3 heteroatoms. The van der Waals surface area contributed by atoms with Crippen molar-refractivity contribution in [2.45, 2.75) is 26.3 Å². The number of benzene rings is 1. The van der Waals surface area contributed by atoms with Crippen molar-refractivity contribution in [3.63, 3.8) is 0 Å². The van der Waals surface area contributed by atoms with Gasteiger partial charge in [-0.15, -0.1) is 6.58 Å². The van der Waals surface area contributed by atoms with E-state index in [1.165, 1.54) is 0 Å². The molecule has 1 rings (SSSR count). The van der Waals surface area contributed by atoms with Crippen LogP contribution < -0.4 is 5.32 Å². The van der Waals surface area contributed by atoms with E-state index in [-0.39, 0.29) is 5.97 Å². The summed E-state index contributed by atoms with van der Waals surface area (Å²) in [5.74, 6) is -0.263. The van der Waals surface area contributed by atoms with E-state index in [0.717, 1.165) is 11.1 Å². The van der Waals surface area contributed by atoms with Crippen LogP contribution in [0.3, 0.4) is 0 Å². The molecule has 0 saturated heterocycles. The van der Waals surface area contributed by atoms with E-state index in [1.807, 2.05) is 45.0 Å². The van der Waals surface area contributed by atoms with Gasteiger partial charge in [0.05, 0.1) is 6.61 Å². The second-order valence-electron chi connectivity index (χ2n) is 4.33. The monoisotopic (exact) mass is 247 g/mol. The maximum absolute atomic E-state index is 12.2. The Morgan fingerprint density at radius 2 is 2.17 bits per heavy atom. The maximum atomic E-state index is 12.2. The van der Waals surface area contributed by atoms with Gasteiger partial charge in [0.1, 0.15) is 5.54 Å². The molecule has 0 bridgehead atoms. The minimum absolute atomic E-state index is 0.263. The number of aryl methyl sites for hydroxylation is 1. The van der Waals surface area contributed by atoms with E-state index < -0.39 is 5.54 Å². The van der Waals surface area contributed by atoms with Crippen molar-refractivity contribution in [3.05, 3.63) is 48.0 Å². The average molecular weight is 247 g/mol. The first-order valence-electron chi connectivity index (χ1n) is 6.15. The van der Waals surface area contributed by atoms with Gasteiger partial charge < -0.3 is 4.74 Å². The Morgan fingerprint density at radius 3 is 2.72 bits per heavy atom. The Morgan fingerprint density at radius 1 is 1.50 bits per heavy atom. The first kappa shape index (κ1) is 14.5. The minimum atomic E-state index is -0.838. The van der Waals surface area contributed by atoms with E-state index in [4.69, 9.17) is 4.74 Å². The van der Waals surface area contributed by atoms with Crippen molar-refractivity contribution in [2.24, 2.45) is 0 Å². The SMILES string of the molecule is C=CCNC(C)(C(=O)OCC)c1ccccc1C. The summed E-state index contributed by atoms with van der Waals surface area (Å²) in [6.45, 7) is 10.2. The molecule has 1 unspecified atom stereocenters. The van der Waals surface area contributed by atoms with Gasteiger partial charge in [-0.3, -0.25) is 5.32 Å². The minimum Gasteiger partial charge on any atom is -0.464 e. The first-order chi connectivity index (χ1) is 8.56. The molecule has 0 aromatic heterocycles. The summed E-state index contributed by atoms with van der Waals surface area (Å²) < 4.78 is 5.18. The third kappa shape index (κ3) is 2.99. The van der Waals surface area contributed by atoms with Gasteiger partial charge in [0.2, 0.25) is 0 Å². The number of nitrogens with one attached hydrogen (secondary N) is 1. The topological polar surface area (TPSA) is 38.3 Å². The molecule has 0 aliphatic heterocycles. The lowest BCUT2D eigenvalue weighted by atomic mass is 9.88. The Bertz CT molecular complexity index is 428. The summed E-state index contributed by atoms with van der Waals surface area (Å²) in [6.07, 6.45) is 1.73. The quantitative estimate of drug-likeness (QED) is 0.620. The molecule has 1 N–H and O–H groups in total. The molecular formula is C15H21NO2. The van der Waals surface area contributed by atoms with E-state index >= 15 is 0 Å². The third-order valence-electron chi connectivity index (χ3n) is 2.97. The smallest absolute Gasteiger partial charge is 0.330 e. The number of hydrogen-bond donors (Lipinski definition) is 1. The molecule has 1 aromatic rings.